The second-order valence-corrected chi connectivity index (χ2v) is 8.01. The summed E-state index contributed by atoms with van der Waals surface area (Å²) in [5.41, 5.74) is -0.0608. The molecule has 0 atom stereocenters. The molecule has 0 heterocycles. The van der Waals surface area contributed by atoms with E-state index < -0.39 is 27.7 Å². The Morgan fingerprint density at radius 1 is 1.04 bits per heavy atom. The van der Waals surface area contributed by atoms with Gasteiger partial charge in [0, 0.05) is 24.3 Å². The highest BCUT2D eigenvalue weighted by atomic mass is 32.2. The van der Waals surface area contributed by atoms with Crippen molar-refractivity contribution >= 4 is 21.6 Å². The molecule has 2 rings (SSSR count). The van der Waals surface area contributed by atoms with E-state index in [9.17, 15) is 26.4 Å². The van der Waals surface area contributed by atoms with E-state index in [2.05, 4.69) is 5.32 Å². The molecular weight excluding hydrogens is 393 g/mol. The number of aryl methyl sites for hydroxylation is 1. The number of carbonyl (C=O) groups is 1. The van der Waals surface area contributed by atoms with Crippen LogP contribution in [0.4, 0.5) is 18.9 Å². The average molecular weight is 414 g/mol. The molecule has 5 nitrogen and oxygen atoms in total. The number of hydrogen-bond donors (Lipinski definition) is 1. The number of hydrogen-bond acceptors (Lipinski definition) is 3. The van der Waals surface area contributed by atoms with Gasteiger partial charge in [-0.05, 0) is 48.9 Å². The zero-order chi connectivity index (χ0) is 21.1. The lowest BCUT2D eigenvalue weighted by Gasteiger charge is -2.20. The van der Waals surface area contributed by atoms with Crippen LogP contribution in [0.3, 0.4) is 0 Å². The molecule has 2 aromatic carbocycles. The molecule has 9 heteroatoms. The van der Waals surface area contributed by atoms with Gasteiger partial charge in [0.2, 0.25) is 10.0 Å². The van der Waals surface area contributed by atoms with Gasteiger partial charge >= 0.3 is 6.18 Å². The highest BCUT2D eigenvalue weighted by Gasteiger charge is 2.30. The maximum atomic E-state index is 12.8. The van der Waals surface area contributed by atoms with Crippen LogP contribution in [0, 0.1) is 6.92 Å². The van der Waals surface area contributed by atoms with Crippen LogP contribution in [0.2, 0.25) is 0 Å². The molecule has 0 fully saturated rings. The lowest BCUT2D eigenvalue weighted by atomic mass is 10.1. The third-order valence-electron chi connectivity index (χ3n) is 4.24. The molecule has 0 unspecified atom stereocenters. The lowest BCUT2D eigenvalue weighted by molar-refractivity contribution is -0.137. The summed E-state index contributed by atoms with van der Waals surface area (Å²) >= 11 is 0. The maximum absolute atomic E-state index is 12.8. The summed E-state index contributed by atoms with van der Waals surface area (Å²) in [5.74, 6) is -0.635. The van der Waals surface area contributed by atoms with Crippen molar-refractivity contribution < 1.29 is 26.4 Å². The normalized spacial score (nSPS) is 12.2. The fourth-order valence-corrected chi connectivity index (χ4v) is 4.38. The first-order chi connectivity index (χ1) is 13.0. The molecule has 0 spiro atoms. The number of halogens is 3. The van der Waals surface area contributed by atoms with E-state index in [1.807, 2.05) is 0 Å². The van der Waals surface area contributed by atoms with E-state index in [0.717, 1.165) is 24.3 Å². The average Bonchev–Trinajstić information content (AvgIpc) is 2.63. The Bertz CT molecular complexity index is 951. The van der Waals surface area contributed by atoms with Gasteiger partial charge in [-0.3, -0.25) is 4.79 Å². The quantitative estimate of drug-likeness (QED) is 0.767. The van der Waals surface area contributed by atoms with Crippen LogP contribution >= 0.6 is 0 Å². The molecule has 2 aromatic rings. The molecule has 28 heavy (non-hydrogen) atoms. The molecular formula is C19H21F3N2O3S. The van der Waals surface area contributed by atoms with E-state index in [-0.39, 0.29) is 16.1 Å². The first kappa shape index (κ1) is 21.9. The molecule has 0 aromatic heterocycles. The molecule has 0 saturated carbocycles. The van der Waals surface area contributed by atoms with Crippen molar-refractivity contribution in [3.8, 4) is 0 Å². The summed E-state index contributed by atoms with van der Waals surface area (Å²) in [5, 5.41) is 2.53. The Morgan fingerprint density at radius 2 is 1.61 bits per heavy atom. The summed E-state index contributed by atoms with van der Waals surface area (Å²) < 4.78 is 64.7. The van der Waals surface area contributed by atoms with Crippen molar-refractivity contribution in [1.29, 1.82) is 0 Å². The van der Waals surface area contributed by atoms with Crippen LogP contribution in [0.15, 0.2) is 47.4 Å². The van der Waals surface area contributed by atoms with Crippen LogP contribution < -0.4 is 5.32 Å². The van der Waals surface area contributed by atoms with Crippen molar-refractivity contribution in [1.82, 2.24) is 4.31 Å². The molecule has 1 N–H and O–H groups in total. The lowest BCUT2D eigenvalue weighted by Crippen LogP contribution is -2.31. The zero-order valence-electron chi connectivity index (χ0n) is 15.7. The largest absolute Gasteiger partial charge is 0.416 e. The Hall–Kier alpha value is -2.39. The van der Waals surface area contributed by atoms with Gasteiger partial charge in [0.05, 0.1) is 10.5 Å². The Morgan fingerprint density at radius 3 is 2.11 bits per heavy atom. The van der Waals surface area contributed by atoms with Gasteiger partial charge in [-0.1, -0.05) is 19.9 Å². The predicted molar refractivity (Wildman–Crippen MR) is 101 cm³/mol. The van der Waals surface area contributed by atoms with Gasteiger partial charge < -0.3 is 5.32 Å². The van der Waals surface area contributed by atoms with Crippen molar-refractivity contribution in [2.45, 2.75) is 31.8 Å². The summed E-state index contributed by atoms with van der Waals surface area (Å²) in [6.45, 7) is 5.72. The standard InChI is InChI=1S/C19H21F3N2O3S/c1-4-24(5-2)28(26,27)17-12-16(11-6-13(17)3)23-18(25)14-7-9-15(10-8-14)19(20,21)22/h6-12H,4-5H2,1-3H3,(H,23,25). The summed E-state index contributed by atoms with van der Waals surface area (Å²) in [7, 11) is -3.72. The number of anilines is 1. The maximum Gasteiger partial charge on any atom is 0.416 e. The Labute approximate surface area is 162 Å². The van der Waals surface area contributed by atoms with E-state index in [1.165, 1.54) is 10.4 Å². The number of sulfonamides is 1. The zero-order valence-corrected chi connectivity index (χ0v) is 16.5. The number of carbonyl (C=O) groups excluding carboxylic acids is 1. The van der Waals surface area contributed by atoms with Crippen molar-refractivity contribution in [2.75, 3.05) is 18.4 Å². The molecule has 152 valence electrons. The fourth-order valence-electron chi connectivity index (χ4n) is 2.67. The van der Waals surface area contributed by atoms with Gasteiger partial charge in [0.1, 0.15) is 0 Å². The molecule has 0 bridgehead atoms. The van der Waals surface area contributed by atoms with Crippen LogP contribution in [0.25, 0.3) is 0 Å². The number of nitrogens with zero attached hydrogens (tertiary/aromatic N) is 1. The SMILES string of the molecule is CCN(CC)S(=O)(=O)c1cc(NC(=O)c2ccc(C(F)(F)F)cc2)ccc1C. The first-order valence-electron chi connectivity index (χ1n) is 8.60. The summed E-state index contributed by atoms with van der Waals surface area (Å²) in [6.07, 6.45) is -4.49. The summed E-state index contributed by atoms with van der Waals surface area (Å²) in [6, 6.07) is 8.24. The Kier molecular flexibility index (Phi) is 6.51. The van der Waals surface area contributed by atoms with E-state index >= 15 is 0 Å². The Balaban J connectivity index is 2.29. The monoisotopic (exact) mass is 414 g/mol. The molecule has 0 saturated heterocycles. The van der Waals surface area contributed by atoms with Crippen molar-refractivity contribution in [2.24, 2.45) is 0 Å². The second-order valence-electron chi connectivity index (χ2n) is 6.10. The second kappa shape index (κ2) is 8.32. The van der Waals surface area contributed by atoms with Gasteiger partial charge in [-0.15, -0.1) is 0 Å². The van der Waals surface area contributed by atoms with E-state index in [1.54, 1.807) is 32.9 Å². The number of rotatable bonds is 6. The summed E-state index contributed by atoms with van der Waals surface area (Å²) in [4.78, 5) is 12.4. The van der Waals surface area contributed by atoms with Gasteiger partial charge in [-0.2, -0.15) is 17.5 Å². The number of amides is 1. The van der Waals surface area contributed by atoms with E-state index in [4.69, 9.17) is 0 Å². The van der Waals surface area contributed by atoms with Crippen LogP contribution in [0.1, 0.15) is 35.3 Å². The molecule has 1 amide bonds. The molecule has 0 aliphatic carbocycles. The van der Waals surface area contributed by atoms with Gasteiger partial charge in [-0.25, -0.2) is 8.42 Å². The van der Waals surface area contributed by atoms with Crippen LogP contribution in [-0.2, 0) is 16.2 Å². The predicted octanol–water partition coefficient (Wildman–Crippen LogP) is 4.30. The topological polar surface area (TPSA) is 66.5 Å². The van der Waals surface area contributed by atoms with Gasteiger partial charge in [0.15, 0.2) is 0 Å². The minimum atomic E-state index is -4.49. The smallest absolute Gasteiger partial charge is 0.322 e. The van der Waals surface area contributed by atoms with E-state index in [0.29, 0.717) is 18.7 Å². The number of nitrogens with one attached hydrogen (secondary N) is 1. The first-order valence-corrected chi connectivity index (χ1v) is 10.0. The molecule has 0 radical (unpaired) electrons. The third-order valence-corrected chi connectivity index (χ3v) is 6.44. The van der Waals surface area contributed by atoms with Crippen molar-refractivity contribution in [3.63, 3.8) is 0 Å². The molecule has 0 aliphatic rings. The number of benzene rings is 2. The van der Waals surface area contributed by atoms with Crippen molar-refractivity contribution in [3.05, 3.63) is 59.2 Å². The fraction of sp³-hybridized carbons (Fsp3) is 0.316. The molecule has 0 aliphatic heterocycles. The number of alkyl halides is 3. The highest BCUT2D eigenvalue weighted by Crippen LogP contribution is 2.29. The minimum Gasteiger partial charge on any atom is -0.322 e. The van der Waals surface area contributed by atoms with Gasteiger partial charge in [0.25, 0.3) is 5.91 Å². The highest BCUT2D eigenvalue weighted by molar-refractivity contribution is 7.89. The van der Waals surface area contributed by atoms with Crippen LogP contribution in [-0.4, -0.2) is 31.7 Å². The third kappa shape index (κ3) is 4.71. The van der Waals surface area contributed by atoms with Crippen LogP contribution in [0.5, 0.6) is 0 Å². The minimum absolute atomic E-state index is 0.0294.